The molecule has 1 N–H and O–H groups in total. The third kappa shape index (κ3) is 3.40. The van der Waals surface area contributed by atoms with E-state index in [1.165, 1.54) is 0 Å². The molecule has 0 aromatic carbocycles. The molecular weight excluding hydrogens is 240 g/mol. The van der Waals surface area contributed by atoms with Crippen LogP contribution in [0.3, 0.4) is 0 Å². The van der Waals surface area contributed by atoms with E-state index in [2.05, 4.69) is 5.32 Å². The SMILES string of the molecule is CNC1CCN(S(=O)(=O)CC2CCCCO2)C1. The van der Waals surface area contributed by atoms with Gasteiger partial charge in [0.05, 0.1) is 11.9 Å². The molecule has 0 aromatic rings. The number of hydrogen-bond donors (Lipinski definition) is 1. The Balaban J connectivity index is 1.90. The minimum atomic E-state index is -3.13. The van der Waals surface area contributed by atoms with Crippen LogP contribution in [0.15, 0.2) is 0 Å². The lowest BCUT2D eigenvalue weighted by Gasteiger charge is -2.25. The molecule has 2 rings (SSSR count). The van der Waals surface area contributed by atoms with Crippen LogP contribution in [0.2, 0.25) is 0 Å². The van der Waals surface area contributed by atoms with Gasteiger partial charge in [-0.15, -0.1) is 0 Å². The Kier molecular flexibility index (Phi) is 4.41. The van der Waals surface area contributed by atoms with Gasteiger partial charge in [-0.3, -0.25) is 0 Å². The van der Waals surface area contributed by atoms with E-state index < -0.39 is 10.0 Å². The smallest absolute Gasteiger partial charge is 0.216 e. The first kappa shape index (κ1) is 13.3. The van der Waals surface area contributed by atoms with Gasteiger partial charge in [-0.2, -0.15) is 0 Å². The Labute approximate surface area is 104 Å². The van der Waals surface area contributed by atoms with E-state index in [1.54, 1.807) is 4.31 Å². The standard InChI is InChI=1S/C11H22N2O3S/c1-12-10-5-6-13(8-10)17(14,15)9-11-4-2-3-7-16-11/h10-12H,2-9H2,1H3. The largest absolute Gasteiger partial charge is 0.377 e. The maximum absolute atomic E-state index is 12.2. The first-order valence-corrected chi connectivity index (χ1v) is 7.99. The summed E-state index contributed by atoms with van der Waals surface area (Å²) < 4.78 is 31.5. The Hall–Kier alpha value is -0.170. The molecule has 100 valence electrons. The number of rotatable bonds is 4. The van der Waals surface area contributed by atoms with Gasteiger partial charge in [0.2, 0.25) is 10.0 Å². The van der Waals surface area contributed by atoms with Crippen molar-refractivity contribution in [2.75, 3.05) is 32.5 Å². The fourth-order valence-electron chi connectivity index (χ4n) is 2.50. The van der Waals surface area contributed by atoms with Crippen molar-refractivity contribution in [2.24, 2.45) is 0 Å². The summed E-state index contributed by atoms with van der Waals surface area (Å²) in [5, 5.41) is 3.13. The lowest BCUT2D eigenvalue weighted by atomic mass is 10.1. The molecule has 0 aromatic heterocycles. The van der Waals surface area contributed by atoms with Crippen molar-refractivity contribution in [3.8, 4) is 0 Å². The van der Waals surface area contributed by atoms with Gasteiger partial charge >= 0.3 is 0 Å². The minimum Gasteiger partial charge on any atom is -0.377 e. The van der Waals surface area contributed by atoms with Crippen LogP contribution < -0.4 is 5.32 Å². The molecule has 0 radical (unpaired) electrons. The lowest BCUT2D eigenvalue weighted by molar-refractivity contribution is 0.0299. The van der Waals surface area contributed by atoms with Crippen LogP contribution in [0, 0.1) is 0 Å². The Bertz CT molecular complexity index is 339. The van der Waals surface area contributed by atoms with Crippen LogP contribution in [0.25, 0.3) is 0 Å². The molecule has 5 nitrogen and oxygen atoms in total. The quantitative estimate of drug-likeness (QED) is 0.785. The van der Waals surface area contributed by atoms with Crippen molar-refractivity contribution in [1.82, 2.24) is 9.62 Å². The molecule has 0 amide bonds. The molecule has 17 heavy (non-hydrogen) atoms. The second kappa shape index (κ2) is 5.65. The topological polar surface area (TPSA) is 58.6 Å². The van der Waals surface area contributed by atoms with Gasteiger partial charge in [0.15, 0.2) is 0 Å². The highest BCUT2D eigenvalue weighted by Crippen LogP contribution is 2.19. The summed E-state index contributed by atoms with van der Waals surface area (Å²) in [7, 11) is -1.25. The molecular formula is C11H22N2O3S. The molecule has 0 saturated carbocycles. The summed E-state index contributed by atoms with van der Waals surface area (Å²) in [5.41, 5.74) is 0. The average molecular weight is 262 g/mol. The second-order valence-corrected chi connectivity index (χ2v) is 6.91. The predicted molar refractivity (Wildman–Crippen MR) is 66.4 cm³/mol. The van der Waals surface area contributed by atoms with E-state index in [4.69, 9.17) is 4.74 Å². The van der Waals surface area contributed by atoms with Crippen LogP contribution >= 0.6 is 0 Å². The van der Waals surface area contributed by atoms with E-state index in [0.29, 0.717) is 25.7 Å². The molecule has 2 aliphatic rings. The van der Waals surface area contributed by atoms with Gasteiger partial charge in [-0.1, -0.05) is 0 Å². The van der Waals surface area contributed by atoms with E-state index in [-0.39, 0.29) is 11.9 Å². The summed E-state index contributed by atoms with van der Waals surface area (Å²) in [4.78, 5) is 0. The van der Waals surface area contributed by atoms with Crippen LogP contribution in [-0.4, -0.2) is 57.4 Å². The summed E-state index contributed by atoms with van der Waals surface area (Å²) in [5.74, 6) is 0.156. The predicted octanol–water partition coefficient (Wildman–Crippen LogP) is 0.179. The number of nitrogens with one attached hydrogen (secondary N) is 1. The van der Waals surface area contributed by atoms with Gasteiger partial charge < -0.3 is 10.1 Å². The van der Waals surface area contributed by atoms with Crippen LogP contribution in [0.5, 0.6) is 0 Å². The van der Waals surface area contributed by atoms with E-state index in [9.17, 15) is 8.42 Å². The second-order valence-electron chi connectivity index (χ2n) is 4.90. The minimum absolute atomic E-state index is 0.0950. The zero-order chi connectivity index (χ0) is 12.3. The highest BCUT2D eigenvalue weighted by Gasteiger charge is 2.33. The lowest BCUT2D eigenvalue weighted by Crippen LogP contribution is -2.39. The van der Waals surface area contributed by atoms with Crippen molar-refractivity contribution in [3.63, 3.8) is 0 Å². The molecule has 0 aliphatic carbocycles. The maximum atomic E-state index is 12.2. The van der Waals surface area contributed by atoms with Crippen molar-refractivity contribution >= 4 is 10.0 Å². The molecule has 2 unspecified atom stereocenters. The Morgan fingerprint density at radius 1 is 1.35 bits per heavy atom. The van der Waals surface area contributed by atoms with Crippen molar-refractivity contribution in [2.45, 2.75) is 37.8 Å². The highest BCUT2D eigenvalue weighted by molar-refractivity contribution is 7.89. The monoisotopic (exact) mass is 262 g/mol. The number of likely N-dealkylation sites (N-methyl/N-ethyl adjacent to an activating group) is 1. The fourth-order valence-corrected chi connectivity index (χ4v) is 4.23. The van der Waals surface area contributed by atoms with Crippen LogP contribution in [-0.2, 0) is 14.8 Å². The number of nitrogens with zero attached hydrogens (tertiary/aromatic N) is 1. The molecule has 2 saturated heterocycles. The number of ether oxygens (including phenoxy) is 1. The maximum Gasteiger partial charge on any atom is 0.216 e. The zero-order valence-electron chi connectivity index (χ0n) is 10.4. The molecule has 2 fully saturated rings. The van der Waals surface area contributed by atoms with Crippen LogP contribution in [0.1, 0.15) is 25.7 Å². The van der Waals surface area contributed by atoms with Crippen molar-refractivity contribution < 1.29 is 13.2 Å². The van der Waals surface area contributed by atoms with E-state index in [0.717, 1.165) is 25.7 Å². The average Bonchev–Trinajstić information content (AvgIpc) is 2.79. The highest BCUT2D eigenvalue weighted by atomic mass is 32.2. The molecule has 6 heteroatoms. The Morgan fingerprint density at radius 2 is 2.18 bits per heavy atom. The van der Waals surface area contributed by atoms with Gasteiger partial charge in [0, 0.05) is 25.7 Å². The van der Waals surface area contributed by atoms with E-state index >= 15 is 0 Å². The van der Waals surface area contributed by atoms with E-state index in [1.807, 2.05) is 7.05 Å². The first-order valence-electron chi connectivity index (χ1n) is 6.38. The normalized spacial score (nSPS) is 31.8. The number of sulfonamides is 1. The molecule has 0 bridgehead atoms. The third-order valence-corrected chi connectivity index (χ3v) is 5.53. The number of hydrogen-bond acceptors (Lipinski definition) is 4. The van der Waals surface area contributed by atoms with Gasteiger partial charge in [0.25, 0.3) is 0 Å². The van der Waals surface area contributed by atoms with Crippen molar-refractivity contribution in [1.29, 1.82) is 0 Å². The zero-order valence-corrected chi connectivity index (χ0v) is 11.2. The van der Waals surface area contributed by atoms with Gasteiger partial charge in [-0.25, -0.2) is 12.7 Å². The fraction of sp³-hybridized carbons (Fsp3) is 1.00. The van der Waals surface area contributed by atoms with Gasteiger partial charge in [0.1, 0.15) is 0 Å². The summed E-state index contributed by atoms with van der Waals surface area (Å²) in [6, 6.07) is 0.303. The molecule has 2 heterocycles. The summed E-state index contributed by atoms with van der Waals surface area (Å²) in [6.45, 7) is 1.95. The molecule has 2 atom stereocenters. The summed E-state index contributed by atoms with van der Waals surface area (Å²) >= 11 is 0. The van der Waals surface area contributed by atoms with Crippen LogP contribution in [0.4, 0.5) is 0 Å². The summed E-state index contributed by atoms with van der Waals surface area (Å²) in [6.07, 6.45) is 3.83. The molecule has 2 aliphatic heterocycles. The Morgan fingerprint density at radius 3 is 2.76 bits per heavy atom. The first-order chi connectivity index (χ1) is 8.12. The van der Waals surface area contributed by atoms with Gasteiger partial charge in [-0.05, 0) is 32.7 Å². The molecule has 0 spiro atoms. The van der Waals surface area contributed by atoms with Crippen molar-refractivity contribution in [3.05, 3.63) is 0 Å². The third-order valence-electron chi connectivity index (χ3n) is 3.62.